The van der Waals surface area contributed by atoms with Gasteiger partial charge in [0.25, 0.3) is 5.91 Å². The largest absolute Gasteiger partial charge is 0.350 e. The van der Waals surface area contributed by atoms with E-state index in [2.05, 4.69) is 48.7 Å². The molecule has 1 amide bonds. The van der Waals surface area contributed by atoms with Crippen LogP contribution in [-0.4, -0.2) is 40.5 Å². The van der Waals surface area contributed by atoms with E-state index in [1.54, 1.807) is 0 Å². The molecule has 0 saturated carbocycles. The molecule has 138 valence electrons. The zero-order valence-corrected chi connectivity index (χ0v) is 16.2. The maximum absolute atomic E-state index is 12.8. The standard InChI is InChI=1S/C20H32N4O/c1-20(2,3)14-21-19(25)17-16-13-23(4)11-12-24(16)18(22-17)15-9-7-5-6-8-10-15/h9H,5-8,10-14H2,1-4H3,(H,21,25). The van der Waals surface area contributed by atoms with Crippen LogP contribution in [0.3, 0.4) is 0 Å². The summed E-state index contributed by atoms with van der Waals surface area (Å²) in [5.74, 6) is 1.00. The van der Waals surface area contributed by atoms with E-state index in [-0.39, 0.29) is 11.3 Å². The van der Waals surface area contributed by atoms with Gasteiger partial charge in [-0.05, 0) is 43.7 Å². The number of carbonyl (C=O) groups excluding carboxylic acids is 1. The highest BCUT2D eigenvalue weighted by molar-refractivity contribution is 5.94. The smallest absolute Gasteiger partial charge is 0.271 e. The molecule has 0 unspecified atom stereocenters. The minimum absolute atomic E-state index is 0.0329. The van der Waals surface area contributed by atoms with Gasteiger partial charge in [-0.2, -0.15) is 0 Å². The van der Waals surface area contributed by atoms with Crippen molar-refractivity contribution in [1.29, 1.82) is 0 Å². The Labute approximate surface area is 151 Å². The molecule has 5 nitrogen and oxygen atoms in total. The molecule has 0 saturated heterocycles. The minimum atomic E-state index is -0.0329. The molecule has 0 spiro atoms. The lowest BCUT2D eigenvalue weighted by Gasteiger charge is -2.26. The van der Waals surface area contributed by atoms with Crippen molar-refractivity contribution in [2.24, 2.45) is 5.41 Å². The Morgan fingerprint density at radius 3 is 2.80 bits per heavy atom. The summed E-state index contributed by atoms with van der Waals surface area (Å²) < 4.78 is 2.29. The van der Waals surface area contributed by atoms with Crippen molar-refractivity contribution in [2.75, 3.05) is 20.1 Å². The van der Waals surface area contributed by atoms with Gasteiger partial charge in [0.05, 0.1) is 5.69 Å². The van der Waals surface area contributed by atoms with E-state index in [1.165, 1.54) is 24.8 Å². The minimum Gasteiger partial charge on any atom is -0.350 e. The first kappa shape index (κ1) is 18.2. The van der Waals surface area contributed by atoms with Gasteiger partial charge in [0.1, 0.15) is 5.82 Å². The van der Waals surface area contributed by atoms with Gasteiger partial charge in [0.15, 0.2) is 5.69 Å². The monoisotopic (exact) mass is 344 g/mol. The maximum Gasteiger partial charge on any atom is 0.271 e. The molecule has 0 aromatic carbocycles. The van der Waals surface area contributed by atoms with Crippen LogP contribution in [-0.2, 0) is 13.1 Å². The quantitative estimate of drug-likeness (QED) is 0.914. The van der Waals surface area contributed by atoms with Crippen molar-refractivity contribution in [3.63, 3.8) is 0 Å². The first-order valence-corrected chi connectivity index (χ1v) is 9.61. The van der Waals surface area contributed by atoms with Crippen LogP contribution in [0.1, 0.15) is 74.9 Å². The fourth-order valence-electron chi connectivity index (χ4n) is 3.57. The molecule has 0 bridgehead atoms. The van der Waals surface area contributed by atoms with Crippen molar-refractivity contribution in [2.45, 2.75) is 66.0 Å². The van der Waals surface area contributed by atoms with Crippen LogP contribution in [0.15, 0.2) is 6.08 Å². The molecule has 2 heterocycles. The number of rotatable bonds is 3. The Kier molecular flexibility index (Phi) is 5.32. The second-order valence-electron chi connectivity index (χ2n) is 8.69. The predicted octanol–water partition coefficient (Wildman–Crippen LogP) is 3.45. The molecule has 1 aromatic heterocycles. The second kappa shape index (κ2) is 7.32. The Hall–Kier alpha value is -1.62. The van der Waals surface area contributed by atoms with Crippen molar-refractivity contribution in [3.8, 4) is 0 Å². The third-order valence-corrected chi connectivity index (χ3v) is 5.02. The number of likely N-dealkylation sites (N-methyl/N-ethyl adjacent to an activating group) is 1. The Bertz CT molecular complexity index is 666. The van der Waals surface area contributed by atoms with Gasteiger partial charge in [-0.15, -0.1) is 0 Å². The van der Waals surface area contributed by atoms with Crippen LogP contribution in [0, 0.1) is 5.41 Å². The highest BCUT2D eigenvalue weighted by atomic mass is 16.1. The molecule has 1 aliphatic heterocycles. The van der Waals surface area contributed by atoms with Gasteiger partial charge in [0, 0.05) is 26.2 Å². The molecule has 2 aliphatic rings. The van der Waals surface area contributed by atoms with Crippen molar-refractivity contribution < 1.29 is 4.79 Å². The number of imidazole rings is 1. The van der Waals surface area contributed by atoms with Crippen LogP contribution in [0.5, 0.6) is 0 Å². The maximum atomic E-state index is 12.8. The summed E-state index contributed by atoms with van der Waals surface area (Å²) in [5, 5.41) is 3.08. The Morgan fingerprint density at radius 1 is 1.24 bits per heavy atom. The molecular weight excluding hydrogens is 312 g/mol. The predicted molar refractivity (Wildman–Crippen MR) is 101 cm³/mol. The lowest BCUT2D eigenvalue weighted by molar-refractivity contribution is 0.0931. The molecule has 1 aromatic rings. The van der Waals surface area contributed by atoms with E-state index in [4.69, 9.17) is 4.98 Å². The summed E-state index contributed by atoms with van der Waals surface area (Å²) in [7, 11) is 2.11. The topological polar surface area (TPSA) is 50.2 Å². The third-order valence-electron chi connectivity index (χ3n) is 5.02. The lowest BCUT2D eigenvalue weighted by Crippen LogP contribution is -2.35. The summed E-state index contributed by atoms with van der Waals surface area (Å²) in [6, 6.07) is 0. The second-order valence-corrected chi connectivity index (χ2v) is 8.69. The molecule has 0 atom stereocenters. The van der Waals surface area contributed by atoms with E-state index in [1.807, 2.05) is 0 Å². The van der Waals surface area contributed by atoms with Gasteiger partial charge in [-0.25, -0.2) is 4.98 Å². The average Bonchev–Trinajstić information content (AvgIpc) is 2.73. The van der Waals surface area contributed by atoms with Crippen LogP contribution < -0.4 is 5.32 Å². The summed E-state index contributed by atoms with van der Waals surface area (Å²) >= 11 is 0. The van der Waals surface area contributed by atoms with E-state index >= 15 is 0 Å². The lowest BCUT2D eigenvalue weighted by atomic mass is 9.97. The van der Waals surface area contributed by atoms with Gasteiger partial charge in [-0.1, -0.05) is 33.3 Å². The van der Waals surface area contributed by atoms with E-state index in [9.17, 15) is 4.79 Å². The van der Waals surface area contributed by atoms with Crippen LogP contribution in [0.4, 0.5) is 0 Å². The van der Waals surface area contributed by atoms with Gasteiger partial charge in [0.2, 0.25) is 0 Å². The summed E-state index contributed by atoms with van der Waals surface area (Å²) in [5.41, 5.74) is 3.09. The van der Waals surface area contributed by atoms with Crippen LogP contribution in [0.25, 0.3) is 5.57 Å². The highest BCUT2D eigenvalue weighted by Gasteiger charge is 2.28. The number of aromatic nitrogens is 2. The number of hydrogen-bond acceptors (Lipinski definition) is 3. The summed E-state index contributed by atoms with van der Waals surface area (Å²) in [4.78, 5) is 19.9. The van der Waals surface area contributed by atoms with E-state index < -0.39 is 0 Å². The molecule has 1 aliphatic carbocycles. The number of nitrogens with zero attached hydrogens (tertiary/aromatic N) is 3. The first-order chi connectivity index (χ1) is 11.8. The van der Waals surface area contributed by atoms with Crippen molar-refractivity contribution in [3.05, 3.63) is 23.3 Å². The number of allylic oxidation sites excluding steroid dienone is 2. The number of carbonyl (C=O) groups is 1. The number of fused-ring (bicyclic) bond motifs is 1. The highest BCUT2D eigenvalue weighted by Crippen LogP contribution is 2.29. The number of amides is 1. The fourth-order valence-corrected chi connectivity index (χ4v) is 3.57. The zero-order valence-electron chi connectivity index (χ0n) is 16.2. The third kappa shape index (κ3) is 4.32. The number of hydrogen-bond donors (Lipinski definition) is 1. The van der Waals surface area contributed by atoms with Gasteiger partial charge >= 0.3 is 0 Å². The molecular formula is C20H32N4O. The van der Waals surface area contributed by atoms with E-state index in [0.717, 1.165) is 44.0 Å². The molecule has 1 N–H and O–H groups in total. The van der Waals surface area contributed by atoms with Crippen molar-refractivity contribution in [1.82, 2.24) is 19.8 Å². The Balaban J connectivity index is 1.92. The molecule has 0 fully saturated rings. The van der Waals surface area contributed by atoms with Crippen molar-refractivity contribution >= 4 is 11.5 Å². The molecule has 0 radical (unpaired) electrons. The van der Waals surface area contributed by atoms with E-state index in [0.29, 0.717) is 12.2 Å². The van der Waals surface area contributed by atoms with Gasteiger partial charge < -0.3 is 9.88 Å². The SMILES string of the molecule is CN1CCn2c(C3=CCCCCC3)nc(C(=O)NCC(C)(C)C)c2C1. The fraction of sp³-hybridized carbons (Fsp3) is 0.700. The van der Waals surface area contributed by atoms with Gasteiger partial charge in [-0.3, -0.25) is 9.69 Å². The average molecular weight is 345 g/mol. The molecule has 5 heteroatoms. The van der Waals surface area contributed by atoms with Crippen LogP contribution >= 0.6 is 0 Å². The Morgan fingerprint density at radius 2 is 2.04 bits per heavy atom. The summed E-state index contributed by atoms with van der Waals surface area (Å²) in [6.45, 7) is 9.76. The first-order valence-electron chi connectivity index (χ1n) is 9.61. The molecule has 25 heavy (non-hydrogen) atoms. The summed E-state index contributed by atoms with van der Waals surface area (Å²) in [6.07, 6.45) is 8.32. The normalized spacial score (nSPS) is 19.1. The van der Waals surface area contributed by atoms with Crippen LogP contribution in [0.2, 0.25) is 0 Å². The number of nitrogens with one attached hydrogen (secondary N) is 1. The zero-order chi connectivity index (χ0) is 18.0. The molecule has 3 rings (SSSR count).